The Kier molecular flexibility index (Phi) is 10.5. The number of urea groups is 1. The summed E-state index contributed by atoms with van der Waals surface area (Å²) in [6, 6.07) is 10.3. The van der Waals surface area contributed by atoms with Crippen LogP contribution in [-0.2, 0) is 19.2 Å². The third kappa shape index (κ3) is 7.43. The topological polar surface area (TPSA) is 188 Å². The van der Waals surface area contributed by atoms with Crippen molar-refractivity contribution < 1.29 is 43.3 Å². The first kappa shape index (κ1) is 33.1. The molecule has 4 heterocycles. The highest BCUT2D eigenvalue weighted by Gasteiger charge is 2.41. The van der Waals surface area contributed by atoms with Crippen LogP contribution in [-0.4, -0.2) is 120 Å². The van der Waals surface area contributed by atoms with Gasteiger partial charge < -0.3 is 35.0 Å². The van der Waals surface area contributed by atoms with Gasteiger partial charge in [-0.15, -0.1) is 11.3 Å². The van der Waals surface area contributed by atoms with Crippen molar-refractivity contribution in [3.8, 4) is 11.5 Å². The number of nitrogens with zero attached hydrogens (tertiary/aromatic N) is 4. The summed E-state index contributed by atoms with van der Waals surface area (Å²) >= 11 is 1.47. The summed E-state index contributed by atoms with van der Waals surface area (Å²) in [5, 5.41) is 12.3. The molecule has 2 atom stereocenters. The van der Waals surface area contributed by atoms with Crippen molar-refractivity contribution in [2.75, 3.05) is 59.5 Å². The van der Waals surface area contributed by atoms with E-state index in [2.05, 4.69) is 15.6 Å². The van der Waals surface area contributed by atoms with Crippen LogP contribution in [0.15, 0.2) is 41.9 Å². The minimum atomic E-state index is -0.599. The number of thiazole rings is 1. The first-order chi connectivity index (χ1) is 22.7. The second-order valence-corrected chi connectivity index (χ2v) is 11.9. The predicted molar refractivity (Wildman–Crippen MR) is 168 cm³/mol. The average Bonchev–Trinajstić information content (AvgIpc) is 3.81. The van der Waals surface area contributed by atoms with Crippen LogP contribution in [0, 0.1) is 5.92 Å². The fraction of sp³-hybridized carbons (Fsp3) is 0.387. The van der Waals surface area contributed by atoms with E-state index >= 15 is 0 Å². The van der Waals surface area contributed by atoms with Gasteiger partial charge in [-0.25, -0.2) is 9.78 Å². The maximum Gasteiger partial charge on any atom is 0.325 e. The Balaban J connectivity index is 0.00000139. The lowest BCUT2D eigenvalue weighted by Gasteiger charge is -2.26. The Morgan fingerprint density at radius 2 is 1.87 bits per heavy atom. The third-order valence-corrected chi connectivity index (χ3v) is 9.04. The number of carboxylic acid groups (broad SMARTS) is 1. The predicted octanol–water partition coefficient (Wildman–Crippen LogP) is 1.14. The van der Waals surface area contributed by atoms with Gasteiger partial charge in [0.2, 0.25) is 11.8 Å². The Labute approximate surface area is 273 Å². The number of amides is 6. The molecule has 2 saturated heterocycles. The zero-order chi connectivity index (χ0) is 33.5. The summed E-state index contributed by atoms with van der Waals surface area (Å²) in [5.74, 6) is -1.04. The summed E-state index contributed by atoms with van der Waals surface area (Å²) in [6.45, 7) is 0.757. The van der Waals surface area contributed by atoms with Crippen LogP contribution < -0.4 is 20.1 Å². The second kappa shape index (κ2) is 14.9. The van der Waals surface area contributed by atoms with Gasteiger partial charge in [0.25, 0.3) is 18.3 Å². The van der Waals surface area contributed by atoms with Crippen LogP contribution in [0.5, 0.6) is 11.5 Å². The van der Waals surface area contributed by atoms with Gasteiger partial charge in [0.1, 0.15) is 13.2 Å². The van der Waals surface area contributed by atoms with Gasteiger partial charge in [-0.3, -0.25) is 28.9 Å². The lowest BCUT2D eigenvalue weighted by Crippen LogP contribution is -2.45. The van der Waals surface area contributed by atoms with Crippen molar-refractivity contribution in [2.24, 2.45) is 5.92 Å². The van der Waals surface area contributed by atoms with E-state index in [-0.39, 0.29) is 63.5 Å². The zero-order valence-electron chi connectivity index (χ0n) is 25.5. The van der Waals surface area contributed by atoms with E-state index in [1.807, 2.05) is 24.3 Å². The number of imide groups is 1. The minimum Gasteiger partial charge on any atom is -0.493 e. The summed E-state index contributed by atoms with van der Waals surface area (Å²) in [5.41, 5.74) is 3.96. The van der Waals surface area contributed by atoms with Crippen LogP contribution >= 0.6 is 11.3 Å². The molecule has 3 aromatic rings. The number of carbonyl (C=O) groups is 6. The molecule has 2 aromatic carbocycles. The molecule has 16 heteroatoms. The van der Waals surface area contributed by atoms with E-state index in [1.165, 1.54) is 23.3 Å². The number of aromatic nitrogens is 1. The highest BCUT2D eigenvalue weighted by atomic mass is 32.1. The largest absolute Gasteiger partial charge is 0.493 e. The summed E-state index contributed by atoms with van der Waals surface area (Å²) < 4.78 is 12.5. The Hall–Kier alpha value is -5.25. The number of likely N-dealkylation sites (tertiary alicyclic amines) is 1. The fourth-order valence-corrected chi connectivity index (χ4v) is 6.59. The highest BCUT2D eigenvalue weighted by Crippen LogP contribution is 2.38. The monoisotopic (exact) mass is 666 g/mol. The van der Waals surface area contributed by atoms with Crippen LogP contribution in [0.2, 0.25) is 0 Å². The number of hydrogen-bond acceptors (Lipinski definition) is 10. The molecule has 248 valence electrons. The van der Waals surface area contributed by atoms with Crippen molar-refractivity contribution in [1.29, 1.82) is 0 Å². The van der Waals surface area contributed by atoms with Crippen LogP contribution in [0.25, 0.3) is 10.2 Å². The number of methoxy groups -OCH3 is 1. The highest BCUT2D eigenvalue weighted by molar-refractivity contribution is 7.16. The third-order valence-electron chi connectivity index (χ3n) is 8.24. The van der Waals surface area contributed by atoms with Gasteiger partial charge in [-0.1, -0.05) is 6.07 Å². The number of carbonyl (C=O) groups excluding carboxylic acids is 5. The fourth-order valence-electron chi connectivity index (χ4n) is 5.87. The number of benzene rings is 2. The van der Waals surface area contributed by atoms with E-state index < -0.39 is 23.8 Å². The van der Waals surface area contributed by atoms with E-state index in [1.54, 1.807) is 22.5 Å². The number of fused-ring (bicyclic) bond motifs is 5. The molecule has 2 bridgehead atoms. The van der Waals surface area contributed by atoms with Crippen molar-refractivity contribution in [3.63, 3.8) is 0 Å². The number of ether oxygens (including phenoxy) is 2. The van der Waals surface area contributed by atoms with Crippen molar-refractivity contribution in [2.45, 2.75) is 12.3 Å². The summed E-state index contributed by atoms with van der Waals surface area (Å²) in [7, 11) is 1.53. The average molecular weight is 667 g/mol. The summed E-state index contributed by atoms with van der Waals surface area (Å²) in [4.78, 5) is 81.1. The lowest BCUT2D eigenvalue weighted by molar-refractivity contribution is -0.136. The smallest absolute Gasteiger partial charge is 0.325 e. The lowest BCUT2D eigenvalue weighted by atomic mass is 9.88. The Morgan fingerprint density at radius 3 is 2.62 bits per heavy atom. The molecule has 3 aliphatic rings. The molecular weight excluding hydrogens is 632 g/mol. The Bertz CT molecular complexity index is 1660. The molecule has 3 N–H and O–H groups in total. The van der Waals surface area contributed by atoms with Crippen molar-refractivity contribution >= 4 is 57.7 Å². The van der Waals surface area contributed by atoms with E-state index in [0.29, 0.717) is 36.6 Å². The molecule has 47 heavy (non-hydrogen) atoms. The molecule has 0 saturated carbocycles. The van der Waals surface area contributed by atoms with E-state index in [9.17, 15) is 24.0 Å². The van der Waals surface area contributed by atoms with E-state index in [4.69, 9.17) is 19.4 Å². The number of hydrogen-bond donors (Lipinski definition) is 3. The number of rotatable bonds is 4. The van der Waals surface area contributed by atoms with Gasteiger partial charge in [0.15, 0.2) is 11.5 Å². The molecule has 3 aliphatic heterocycles. The quantitative estimate of drug-likeness (QED) is 0.269. The molecule has 0 radical (unpaired) electrons. The van der Waals surface area contributed by atoms with Gasteiger partial charge in [0, 0.05) is 37.7 Å². The van der Waals surface area contributed by atoms with E-state index in [0.717, 1.165) is 20.7 Å². The zero-order valence-corrected chi connectivity index (χ0v) is 26.4. The molecule has 6 rings (SSSR count). The normalized spacial score (nSPS) is 19.9. The molecule has 6 amide bonds. The maximum absolute atomic E-state index is 13.6. The van der Waals surface area contributed by atoms with Gasteiger partial charge in [-0.05, 0) is 42.3 Å². The molecular formula is C31H34N6O9S. The molecule has 0 aliphatic carbocycles. The molecule has 0 spiro atoms. The minimum absolute atomic E-state index is 0.135. The summed E-state index contributed by atoms with van der Waals surface area (Å²) in [6.07, 6.45) is 0.446. The second-order valence-electron chi connectivity index (χ2n) is 11.0. The molecule has 1 aromatic heterocycles. The maximum atomic E-state index is 13.6. The van der Waals surface area contributed by atoms with Crippen LogP contribution in [0.1, 0.15) is 28.3 Å². The van der Waals surface area contributed by atoms with Gasteiger partial charge in [-0.2, -0.15) is 0 Å². The van der Waals surface area contributed by atoms with Gasteiger partial charge in [0.05, 0.1) is 41.8 Å². The molecule has 15 nitrogen and oxygen atoms in total. The van der Waals surface area contributed by atoms with Crippen LogP contribution in [0.4, 0.5) is 4.79 Å². The first-order valence-electron chi connectivity index (χ1n) is 14.9. The molecule has 2 fully saturated rings. The van der Waals surface area contributed by atoms with Crippen molar-refractivity contribution in [3.05, 3.63) is 53.0 Å². The van der Waals surface area contributed by atoms with Crippen molar-refractivity contribution in [1.82, 2.24) is 30.3 Å². The first-order valence-corrected chi connectivity index (χ1v) is 15.8. The molecule has 0 unspecified atom stereocenters. The SMILES string of the molecule is COc1ccc2cc1OCCN(C(=O)CN1C(=O)CNC1=O)CCCNC(=O)[C@H]1CN(C(=O)c3ccc4ncsc4c3)C[C@H]21.O=CO. The standard InChI is InChI=1S/C30H32N6O7S.CH2O2/c1-42-23-6-4-18-11-24(23)43-10-9-34(27(38)16-36-26(37)13-32-30(36)41)8-2-7-31-28(39)21-15-35(14-20(18)21)29(40)19-3-5-22-25(12-19)44-17-33-22;2-1-3/h3-6,11-12,17,20-21H,2,7-10,13-16H2,1H3,(H,31,39)(H,32,41);1H,(H,2,3)/t20-,21+;/m1./s1. The van der Waals surface area contributed by atoms with Gasteiger partial charge >= 0.3 is 6.03 Å². The number of nitrogens with one attached hydrogen (secondary N) is 2. The van der Waals surface area contributed by atoms with Crippen LogP contribution in [0.3, 0.4) is 0 Å². The Morgan fingerprint density at radius 1 is 1.09 bits per heavy atom.